The molecular formula is C9H11NO3. The fraction of sp³-hybridized carbons (Fsp3) is 0.333. The van der Waals surface area contributed by atoms with Crippen LogP contribution in [0.3, 0.4) is 0 Å². The summed E-state index contributed by atoms with van der Waals surface area (Å²) in [6.45, 7) is 9.17. The van der Waals surface area contributed by atoms with Gasteiger partial charge in [0.2, 0.25) is 5.79 Å². The van der Waals surface area contributed by atoms with Crippen molar-refractivity contribution >= 4 is 5.97 Å². The van der Waals surface area contributed by atoms with Crippen LogP contribution in [0.5, 0.6) is 0 Å². The molecule has 0 saturated heterocycles. The van der Waals surface area contributed by atoms with Crippen molar-refractivity contribution in [3.05, 3.63) is 24.3 Å². The van der Waals surface area contributed by atoms with Crippen molar-refractivity contribution in [2.45, 2.75) is 19.6 Å². The molecule has 13 heavy (non-hydrogen) atoms. The number of hydrogen-bond acceptors (Lipinski definition) is 4. The van der Waals surface area contributed by atoms with Crippen molar-refractivity contribution in [2.75, 3.05) is 0 Å². The Morgan fingerprint density at radius 1 is 1.62 bits per heavy atom. The van der Waals surface area contributed by atoms with E-state index in [2.05, 4.69) is 17.9 Å². The summed E-state index contributed by atoms with van der Waals surface area (Å²) >= 11 is 0. The third-order valence-electron chi connectivity index (χ3n) is 1.33. The summed E-state index contributed by atoms with van der Waals surface area (Å²) in [5, 5.41) is 17.8. The lowest BCUT2D eigenvalue weighted by atomic mass is 10.1. The predicted molar refractivity (Wildman–Crippen MR) is 46.3 cm³/mol. The largest absolute Gasteiger partial charge is 0.425 e. The normalized spacial score (nSPS) is 13.7. The summed E-state index contributed by atoms with van der Waals surface area (Å²) in [6.07, 6.45) is 0. The fourth-order valence-electron chi connectivity index (χ4n) is 0.433. The van der Waals surface area contributed by atoms with Crippen molar-refractivity contribution < 1.29 is 14.6 Å². The lowest BCUT2D eigenvalue weighted by Gasteiger charge is -2.21. The topological polar surface area (TPSA) is 70.3 Å². The summed E-state index contributed by atoms with van der Waals surface area (Å²) in [7, 11) is 0. The van der Waals surface area contributed by atoms with Gasteiger partial charge in [-0.2, -0.15) is 5.26 Å². The first kappa shape index (κ1) is 11.4. The Hall–Kier alpha value is -1.60. The third-order valence-corrected chi connectivity index (χ3v) is 1.33. The van der Waals surface area contributed by atoms with Crippen LogP contribution in [0.4, 0.5) is 0 Å². The lowest BCUT2D eigenvalue weighted by Crippen LogP contribution is -2.32. The molecular weight excluding hydrogens is 170 g/mol. The summed E-state index contributed by atoms with van der Waals surface area (Å²) in [4.78, 5) is 10.9. The Kier molecular flexibility index (Phi) is 3.40. The number of hydrogen-bond donors (Lipinski definition) is 1. The maximum absolute atomic E-state index is 10.9. The van der Waals surface area contributed by atoms with Gasteiger partial charge in [0.05, 0.1) is 5.57 Å². The molecule has 0 aromatic carbocycles. The summed E-state index contributed by atoms with van der Waals surface area (Å²) < 4.78 is 4.55. The number of esters is 1. The molecule has 0 radical (unpaired) electrons. The molecule has 0 aliphatic carbocycles. The van der Waals surface area contributed by atoms with Gasteiger partial charge < -0.3 is 9.84 Å². The molecule has 70 valence electrons. The zero-order chi connectivity index (χ0) is 10.6. The highest BCUT2D eigenvalue weighted by atomic mass is 16.7. The van der Waals surface area contributed by atoms with Crippen LogP contribution < -0.4 is 0 Å². The molecule has 0 rings (SSSR count). The van der Waals surface area contributed by atoms with Gasteiger partial charge in [-0.1, -0.05) is 13.2 Å². The third kappa shape index (κ3) is 3.09. The van der Waals surface area contributed by atoms with Crippen molar-refractivity contribution in [3.8, 4) is 6.07 Å². The van der Waals surface area contributed by atoms with E-state index in [0.717, 1.165) is 0 Å². The molecule has 4 heteroatoms. The Balaban J connectivity index is 4.54. The van der Waals surface area contributed by atoms with Crippen LogP contribution in [0.1, 0.15) is 13.8 Å². The maximum atomic E-state index is 10.9. The first-order chi connectivity index (χ1) is 5.81. The van der Waals surface area contributed by atoms with Gasteiger partial charge >= 0.3 is 5.97 Å². The van der Waals surface area contributed by atoms with Crippen LogP contribution in [0.2, 0.25) is 0 Å². The quantitative estimate of drug-likeness (QED) is 0.304. The second-order valence-corrected chi connectivity index (χ2v) is 2.74. The lowest BCUT2D eigenvalue weighted by molar-refractivity contribution is -0.182. The number of carbonyl (C=O) groups excluding carboxylic acids is 1. The average molecular weight is 181 g/mol. The van der Waals surface area contributed by atoms with Gasteiger partial charge in [0.25, 0.3) is 0 Å². The highest BCUT2D eigenvalue weighted by Crippen LogP contribution is 2.16. The highest BCUT2D eigenvalue weighted by Gasteiger charge is 2.29. The van der Waals surface area contributed by atoms with Gasteiger partial charge in [0.15, 0.2) is 0 Å². The van der Waals surface area contributed by atoms with Crippen LogP contribution in [0.25, 0.3) is 0 Å². The second-order valence-electron chi connectivity index (χ2n) is 2.74. The van der Waals surface area contributed by atoms with E-state index < -0.39 is 11.8 Å². The molecule has 0 bridgehead atoms. The van der Waals surface area contributed by atoms with E-state index in [1.807, 2.05) is 0 Å². The molecule has 0 heterocycles. The van der Waals surface area contributed by atoms with E-state index in [1.54, 1.807) is 6.07 Å². The summed E-state index contributed by atoms with van der Waals surface area (Å²) in [6, 6.07) is 1.60. The van der Waals surface area contributed by atoms with Gasteiger partial charge in [-0.3, -0.25) is 0 Å². The Labute approximate surface area is 76.7 Å². The van der Waals surface area contributed by atoms with Crippen LogP contribution in [0, 0.1) is 11.3 Å². The molecule has 1 N–H and O–H groups in total. The highest BCUT2D eigenvalue weighted by molar-refractivity contribution is 5.87. The molecule has 0 amide bonds. The molecule has 0 aromatic heterocycles. The SMILES string of the molecule is C=C(C)C(=O)OC(C)(O)C(=C)C#N. The second kappa shape index (κ2) is 3.87. The van der Waals surface area contributed by atoms with Gasteiger partial charge in [-0.25, -0.2) is 4.79 Å². The van der Waals surface area contributed by atoms with E-state index >= 15 is 0 Å². The average Bonchev–Trinajstić information content (AvgIpc) is 2.01. The number of nitriles is 1. The summed E-state index contributed by atoms with van der Waals surface area (Å²) in [5.41, 5.74) is -0.0897. The van der Waals surface area contributed by atoms with E-state index in [9.17, 15) is 9.90 Å². The molecule has 0 aliphatic rings. The van der Waals surface area contributed by atoms with E-state index in [-0.39, 0.29) is 11.1 Å². The first-order valence-corrected chi connectivity index (χ1v) is 3.52. The molecule has 1 atom stereocenters. The smallest absolute Gasteiger partial charge is 0.335 e. The monoisotopic (exact) mass is 181 g/mol. The van der Waals surface area contributed by atoms with Crippen LogP contribution in [-0.2, 0) is 9.53 Å². The fourth-order valence-corrected chi connectivity index (χ4v) is 0.433. The maximum Gasteiger partial charge on any atom is 0.335 e. The number of rotatable bonds is 3. The standard InChI is InChI=1S/C9H11NO3/c1-6(2)8(11)13-9(4,12)7(3)5-10/h12H,1,3H2,2,4H3. The van der Waals surface area contributed by atoms with Crippen molar-refractivity contribution in [3.63, 3.8) is 0 Å². The van der Waals surface area contributed by atoms with E-state index in [1.165, 1.54) is 13.8 Å². The van der Waals surface area contributed by atoms with Gasteiger partial charge in [-0.05, 0) is 6.92 Å². The van der Waals surface area contributed by atoms with Crippen molar-refractivity contribution in [1.29, 1.82) is 5.26 Å². The molecule has 0 aromatic rings. The molecule has 0 fully saturated rings. The number of nitrogens with zero attached hydrogens (tertiary/aromatic N) is 1. The minimum Gasteiger partial charge on any atom is -0.425 e. The Bertz CT molecular complexity index is 296. The van der Waals surface area contributed by atoms with Crippen LogP contribution >= 0.6 is 0 Å². The number of ether oxygens (including phenoxy) is 1. The zero-order valence-corrected chi connectivity index (χ0v) is 7.63. The minimum absolute atomic E-state index is 0.144. The van der Waals surface area contributed by atoms with Gasteiger partial charge in [0.1, 0.15) is 6.07 Å². The molecule has 0 spiro atoms. The Morgan fingerprint density at radius 2 is 2.08 bits per heavy atom. The summed E-state index contributed by atoms with van der Waals surface area (Å²) in [5.74, 6) is -2.72. The molecule has 4 nitrogen and oxygen atoms in total. The predicted octanol–water partition coefficient (Wildman–Crippen LogP) is 0.894. The number of carbonyl (C=O) groups is 1. The van der Waals surface area contributed by atoms with E-state index in [4.69, 9.17) is 5.26 Å². The van der Waals surface area contributed by atoms with Crippen molar-refractivity contribution in [1.82, 2.24) is 0 Å². The molecule has 1 unspecified atom stereocenters. The Morgan fingerprint density at radius 3 is 2.38 bits per heavy atom. The van der Waals surface area contributed by atoms with Crippen LogP contribution in [-0.4, -0.2) is 16.9 Å². The minimum atomic E-state index is -1.95. The van der Waals surface area contributed by atoms with Gasteiger partial charge in [0, 0.05) is 12.5 Å². The van der Waals surface area contributed by atoms with Crippen molar-refractivity contribution in [2.24, 2.45) is 0 Å². The van der Waals surface area contributed by atoms with Gasteiger partial charge in [-0.15, -0.1) is 0 Å². The van der Waals surface area contributed by atoms with Crippen LogP contribution in [0.15, 0.2) is 24.3 Å². The number of aliphatic hydroxyl groups is 1. The van der Waals surface area contributed by atoms with E-state index in [0.29, 0.717) is 0 Å². The zero-order valence-electron chi connectivity index (χ0n) is 7.63. The molecule has 0 saturated carbocycles. The molecule has 0 aliphatic heterocycles. The first-order valence-electron chi connectivity index (χ1n) is 3.52.